The molecular weight excluding hydrogens is 526 g/mol. The highest BCUT2D eigenvalue weighted by Crippen LogP contribution is 2.38. The highest BCUT2D eigenvalue weighted by atomic mass is 32.1. The topological polar surface area (TPSA) is 114 Å². The molecule has 0 fully saturated rings. The van der Waals surface area contributed by atoms with Crippen LogP contribution in [0.25, 0.3) is 43.0 Å². The summed E-state index contributed by atoms with van der Waals surface area (Å²) < 4.78 is 3.38. The van der Waals surface area contributed by atoms with Crippen LogP contribution in [0.4, 0.5) is 0 Å². The van der Waals surface area contributed by atoms with Gasteiger partial charge in [0.15, 0.2) is 11.6 Å². The van der Waals surface area contributed by atoms with Crippen LogP contribution in [0.2, 0.25) is 0 Å². The van der Waals surface area contributed by atoms with Crippen LogP contribution in [0.15, 0.2) is 90.5 Å². The van der Waals surface area contributed by atoms with E-state index in [1.165, 1.54) is 10.8 Å². The average molecular weight is 544 g/mol. The SMILES string of the molecule is O=C(O)c1cc2c(cc1C(=O)O)C(=O)C(=Cc1ccc3c(c1)c1ccccc1n3-c1cc3ccccc3s1)C2=O. The maximum atomic E-state index is 13.2. The molecule has 0 spiro atoms. The molecule has 7 nitrogen and oxygen atoms in total. The summed E-state index contributed by atoms with van der Waals surface area (Å²) in [5.74, 6) is -4.24. The van der Waals surface area contributed by atoms with E-state index in [-0.39, 0.29) is 16.7 Å². The minimum absolute atomic E-state index is 0.110. The number of hydrogen-bond acceptors (Lipinski definition) is 5. The fourth-order valence-corrected chi connectivity index (χ4v) is 6.51. The van der Waals surface area contributed by atoms with E-state index in [1.54, 1.807) is 11.3 Å². The molecular formula is C32H17NO6S. The molecule has 7 rings (SSSR count). The van der Waals surface area contributed by atoms with Crippen molar-refractivity contribution in [2.24, 2.45) is 0 Å². The minimum Gasteiger partial charge on any atom is -0.478 e. The van der Waals surface area contributed by atoms with Gasteiger partial charge in [0.05, 0.1) is 27.7 Å². The Hall–Kier alpha value is -5.34. The molecule has 4 aromatic carbocycles. The zero-order chi connectivity index (χ0) is 27.7. The number of carbonyl (C=O) groups excluding carboxylic acids is 2. The van der Waals surface area contributed by atoms with Crippen molar-refractivity contribution in [2.45, 2.75) is 0 Å². The molecule has 6 aromatic rings. The number of carbonyl (C=O) groups is 4. The lowest BCUT2D eigenvalue weighted by molar-refractivity contribution is 0.0651. The molecule has 0 unspecified atom stereocenters. The maximum Gasteiger partial charge on any atom is 0.336 e. The van der Waals surface area contributed by atoms with Gasteiger partial charge in [0.25, 0.3) is 0 Å². The Morgan fingerprint density at radius 1 is 0.700 bits per heavy atom. The van der Waals surface area contributed by atoms with Gasteiger partial charge in [-0.25, -0.2) is 9.59 Å². The van der Waals surface area contributed by atoms with Gasteiger partial charge < -0.3 is 14.8 Å². The van der Waals surface area contributed by atoms with Crippen molar-refractivity contribution in [3.8, 4) is 5.00 Å². The number of nitrogens with zero attached hydrogens (tertiary/aromatic N) is 1. The summed E-state index contributed by atoms with van der Waals surface area (Å²) in [5.41, 5.74) is 1.18. The number of rotatable bonds is 4. The van der Waals surface area contributed by atoms with Gasteiger partial charge in [-0.15, -0.1) is 11.3 Å². The molecule has 2 heterocycles. The Morgan fingerprint density at radius 2 is 1.32 bits per heavy atom. The summed E-state index contributed by atoms with van der Waals surface area (Å²) in [6, 6.07) is 26.0. The van der Waals surface area contributed by atoms with E-state index in [0.717, 1.165) is 44.3 Å². The third-order valence-electron chi connectivity index (χ3n) is 7.24. The molecule has 40 heavy (non-hydrogen) atoms. The van der Waals surface area contributed by atoms with Crippen molar-refractivity contribution in [3.63, 3.8) is 0 Å². The second-order valence-electron chi connectivity index (χ2n) is 9.52. The number of benzene rings is 4. The van der Waals surface area contributed by atoms with E-state index < -0.39 is 34.6 Å². The lowest BCUT2D eigenvalue weighted by atomic mass is 9.99. The quantitative estimate of drug-likeness (QED) is 0.186. The fraction of sp³-hybridized carbons (Fsp3) is 0. The van der Waals surface area contributed by atoms with Crippen molar-refractivity contribution in [2.75, 3.05) is 0 Å². The predicted octanol–water partition coefficient (Wildman–Crippen LogP) is 6.86. The third-order valence-corrected chi connectivity index (χ3v) is 8.34. The summed E-state index contributed by atoms with van der Waals surface area (Å²) in [6.07, 6.45) is 1.48. The van der Waals surface area contributed by atoms with Crippen LogP contribution in [0.1, 0.15) is 47.0 Å². The van der Waals surface area contributed by atoms with Gasteiger partial charge in [0.1, 0.15) is 5.00 Å². The molecule has 0 saturated heterocycles. The summed E-state index contributed by atoms with van der Waals surface area (Å²) in [5, 5.41) is 23.1. The van der Waals surface area contributed by atoms with Gasteiger partial charge in [-0.1, -0.05) is 42.5 Å². The summed E-state index contributed by atoms with van der Waals surface area (Å²) in [6.45, 7) is 0. The number of Topliss-reactive ketones (excluding diaryl/α,β-unsaturated/α-hetero) is 2. The van der Waals surface area contributed by atoms with E-state index >= 15 is 0 Å². The molecule has 8 heteroatoms. The molecule has 0 saturated carbocycles. The van der Waals surface area contributed by atoms with E-state index in [4.69, 9.17) is 0 Å². The number of para-hydroxylation sites is 1. The Labute approximate surface area is 229 Å². The van der Waals surface area contributed by atoms with Crippen molar-refractivity contribution in [1.29, 1.82) is 0 Å². The highest BCUT2D eigenvalue weighted by Gasteiger charge is 2.36. The van der Waals surface area contributed by atoms with Crippen molar-refractivity contribution in [3.05, 3.63) is 118 Å². The second kappa shape index (κ2) is 8.59. The monoisotopic (exact) mass is 543 g/mol. The largest absolute Gasteiger partial charge is 0.478 e. The molecule has 2 aromatic heterocycles. The Kier molecular flexibility index (Phi) is 5.10. The first-order valence-electron chi connectivity index (χ1n) is 12.3. The van der Waals surface area contributed by atoms with E-state index in [9.17, 15) is 29.4 Å². The molecule has 1 aliphatic rings. The van der Waals surface area contributed by atoms with E-state index in [0.29, 0.717) is 5.56 Å². The van der Waals surface area contributed by atoms with Crippen molar-refractivity contribution in [1.82, 2.24) is 4.57 Å². The highest BCUT2D eigenvalue weighted by molar-refractivity contribution is 7.21. The number of ketones is 2. The van der Waals surface area contributed by atoms with Gasteiger partial charge in [0.2, 0.25) is 0 Å². The first-order chi connectivity index (χ1) is 19.3. The van der Waals surface area contributed by atoms with Crippen LogP contribution in [0.3, 0.4) is 0 Å². The first-order valence-corrected chi connectivity index (χ1v) is 13.1. The molecule has 1 aliphatic carbocycles. The molecule has 192 valence electrons. The van der Waals surface area contributed by atoms with Gasteiger partial charge in [0, 0.05) is 26.6 Å². The van der Waals surface area contributed by atoms with Crippen LogP contribution in [-0.2, 0) is 0 Å². The molecule has 0 amide bonds. The van der Waals surface area contributed by atoms with Gasteiger partial charge in [-0.05, 0) is 59.5 Å². The van der Waals surface area contributed by atoms with Crippen molar-refractivity contribution >= 4 is 72.8 Å². The lowest BCUT2D eigenvalue weighted by Crippen LogP contribution is -2.10. The number of carboxylic acids is 2. The molecule has 2 N–H and O–H groups in total. The Balaban J connectivity index is 1.38. The van der Waals surface area contributed by atoms with Crippen molar-refractivity contribution < 1.29 is 29.4 Å². The maximum absolute atomic E-state index is 13.2. The van der Waals surface area contributed by atoms with Crippen LogP contribution in [0, 0.1) is 0 Å². The molecule has 0 aliphatic heterocycles. The fourth-order valence-electron chi connectivity index (χ4n) is 5.42. The second-order valence-corrected chi connectivity index (χ2v) is 10.6. The van der Waals surface area contributed by atoms with E-state index in [1.807, 2.05) is 48.5 Å². The third kappa shape index (κ3) is 3.43. The molecule has 0 bridgehead atoms. The van der Waals surface area contributed by atoms with Gasteiger partial charge in [-0.2, -0.15) is 0 Å². The molecule has 0 radical (unpaired) electrons. The first kappa shape index (κ1) is 23.8. The van der Waals surface area contributed by atoms with Crippen LogP contribution in [-0.4, -0.2) is 38.3 Å². The minimum atomic E-state index is -1.49. The van der Waals surface area contributed by atoms with Crippen LogP contribution < -0.4 is 0 Å². The number of aromatic carboxylic acids is 2. The predicted molar refractivity (Wildman–Crippen MR) is 153 cm³/mol. The smallest absolute Gasteiger partial charge is 0.336 e. The lowest BCUT2D eigenvalue weighted by Gasteiger charge is -2.04. The molecule has 0 atom stereocenters. The Morgan fingerprint density at radius 3 is 2.00 bits per heavy atom. The number of hydrogen-bond donors (Lipinski definition) is 2. The van der Waals surface area contributed by atoms with Crippen LogP contribution in [0.5, 0.6) is 0 Å². The zero-order valence-electron chi connectivity index (χ0n) is 20.5. The average Bonchev–Trinajstić information content (AvgIpc) is 3.59. The zero-order valence-corrected chi connectivity index (χ0v) is 21.4. The number of carboxylic acid groups (broad SMARTS) is 2. The summed E-state index contributed by atoms with van der Waals surface area (Å²) in [4.78, 5) is 49.6. The Bertz CT molecular complexity index is 2080. The van der Waals surface area contributed by atoms with Gasteiger partial charge in [-0.3, -0.25) is 9.59 Å². The van der Waals surface area contributed by atoms with Crippen LogP contribution >= 0.6 is 11.3 Å². The summed E-state index contributed by atoms with van der Waals surface area (Å²) >= 11 is 1.69. The van der Waals surface area contributed by atoms with E-state index in [2.05, 4.69) is 28.8 Å². The number of allylic oxidation sites excluding steroid dienone is 1. The number of fused-ring (bicyclic) bond motifs is 5. The summed E-state index contributed by atoms with van der Waals surface area (Å²) in [7, 11) is 0. The number of thiophene rings is 1. The normalized spacial score (nSPS) is 12.9. The number of aromatic nitrogens is 1. The van der Waals surface area contributed by atoms with Gasteiger partial charge >= 0.3 is 11.9 Å². The standard InChI is InChI=1S/C32H17NO6S/c34-29-20-14-22(31(36)37)23(32(38)39)15-21(20)30(35)24(29)12-16-9-10-26-19(11-16)18-6-2-3-7-25(18)33(26)28-13-17-5-1-4-8-27(17)40-28/h1-15H,(H,36,37)(H,38,39).